The Hall–Kier alpha value is -3.59. The zero-order valence-corrected chi connectivity index (χ0v) is 19.2. The first-order valence-electron chi connectivity index (χ1n) is 10.7. The fourth-order valence-electron chi connectivity index (χ4n) is 3.86. The van der Waals surface area contributed by atoms with Crippen LogP contribution in [0.5, 0.6) is 11.5 Å². The lowest BCUT2D eigenvalue weighted by Crippen LogP contribution is -2.41. The zero-order chi connectivity index (χ0) is 23.8. The summed E-state index contributed by atoms with van der Waals surface area (Å²) < 4.78 is 16.8. The summed E-state index contributed by atoms with van der Waals surface area (Å²) >= 11 is 0. The summed E-state index contributed by atoms with van der Waals surface area (Å²) in [5.74, 6) is 1.26. The van der Waals surface area contributed by atoms with Gasteiger partial charge in [0.1, 0.15) is 17.3 Å². The minimum atomic E-state index is -0.296. The van der Waals surface area contributed by atoms with Gasteiger partial charge in [-0.3, -0.25) is 9.79 Å². The van der Waals surface area contributed by atoms with Crippen molar-refractivity contribution < 1.29 is 19.0 Å². The highest BCUT2D eigenvalue weighted by Gasteiger charge is 2.30. The number of aliphatic imine (C=N–C) groups is 1. The van der Waals surface area contributed by atoms with Gasteiger partial charge in [0, 0.05) is 42.9 Å². The predicted molar refractivity (Wildman–Crippen MR) is 128 cm³/mol. The van der Waals surface area contributed by atoms with Crippen molar-refractivity contribution in [1.29, 1.82) is 0 Å². The molecule has 1 saturated carbocycles. The number of nitrogens with one attached hydrogen (secondary N) is 1. The van der Waals surface area contributed by atoms with Gasteiger partial charge in [0.05, 0.1) is 38.5 Å². The summed E-state index contributed by atoms with van der Waals surface area (Å²) in [4.78, 5) is 21.2. The van der Waals surface area contributed by atoms with E-state index >= 15 is 0 Å². The molecule has 5 N–H and O–H groups in total. The van der Waals surface area contributed by atoms with Gasteiger partial charge >= 0.3 is 0 Å². The van der Waals surface area contributed by atoms with Gasteiger partial charge in [0.15, 0.2) is 0 Å². The number of nitrogens with two attached hydrogens (primary N) is 2. The third-order valence-electron chi connectivity index (χ3n) is 5.59. The van der Waals surface area contributed by atoms with Crippen molar-refractivity contribution in [3.8, 4) is 11.5 Å². The first kappa shape index (κ1) is 24.1. The number of benzene rings is 1. The van der Waals surface area contributed by atoms with Crippen molar-refractivity contribution in [2.45, 2.75) is 38.0 Å². The third-order valence-corrected chi connectivity index (χ3v) is 5.59. The number of rotatable bonds is 9. The highest BCUT2D eigenvalue weighted by Crippen LogP contribution is 2.27. The van der Waals surface area contributed by atoms with Crippen LogP contribution >= 0.6 is 0 Å². The molecule has 1 heterocycles. The molecule has 0 bridgehead atoms. The van der Waals surface area contributed by atoms with Gasteiger partial charge < -0.3 is 31.0 Å². The molecule has 2 aromatic rings. The van der Waals surface area contributed by atoms with Gasteiger partial charge in [-0.1, -0.05) is 0 Å². The molecule has 1 fully saturated rings. The van der Waals surface area contributed by atoms with Gasteiger partial charge in [-0.15, -0.1) is 0 Å². The summed E-state index contributed by atoms with van der Waals surface area (Å²) in [6, 6.07) is 7.17. The number of nitrogens with zero attached hydrogens (tertiary/aromatic N) is 2. The van der Waals surface area contributed by atoms with E-state index in [0.29, 0.717) is 34.8 Å². The minimum absolute atomic E-state index is 0.116. The molecule has 0 unspecified atom stereocenters. The van der Waals surface area contributed by atoms with E-state index < -0.39 is 0 Å². The lowest BCUT2D eigenvalue weighted by molar-refractivity contribution is 0.0270. The van der Waals surface area contributed by atoms with Crippen molar-refractivity contribution in [3.63, 3.8) is 0 Å². The molecular weight excluding hydrogens is 422 g/mol. The smallest absolute Gasteiger partial charge is 0.255 e. The molecular formula is C24H31N5O4. The number of amides is 1. The number of hydrogen-bond acceptors (Lipinski definition) is 8. The van der Waals surface area contributed by atoms with Crippen LogP contribution < -0.4 is 26.3 Å². The molecule has 3 rings (SSSR count). The lowest BCUT2D eigenvalue weighted by atomic mass is 10.1. The Morgan fingerprint density at radius 2 is 1.94 bits per heavy atom. The van der Waals surface area contributed by atoms with E-state index in [0.717, 1.165) is 24.8 Å². The van der Waals surface area contributed by atoms with Crippen LogP contribution in [0.1, 0.15) is 40.7 Å². The molecule has 1 aromatic carbocycles. The van der Waals surface area contributed by atoms with Crippen LogP contribution in [0.15, 0.2) is 41.7 Å². The normalized spacial score (nSPS) is 18.5. The second kappa shape index (κ2) is 11.3. The molecule has 0 spiro atoms. The van der Waals surface area contributed by atoms with E-state index in [4.69, 9.17) is 25.7 Å². The Balaban J connectivity index is 1.69. The first-order chi connectivity index (χ1) is 16.0. The largest absolute Gasteiger partial charge is 0.497 e. The Kier molecular flexibility index (Phi) is 8.26. The standard InChI is InChI=1S/C24H31N5O4/c1-27-12-17(11-25)16-9-20(23(26)28-13-16)24(30)29-21-5-4-6-22(21)33-14-15-7-18(31-2)10-19(8-15)32-3/h7-13,21-22H,4-6,14,25H2,1-3H3,(H2,26,28)(H,29,30)/t21-,22-/m0/s1. The monoisotopic (exact) mass is 453 g/mol. The van der Waals surface area contributed by atoms with E-state index in [1.165, 1.54) is 6.20 Å². The van der Waals surface area contributed by atoms with Crippen molar-refractivity contribution in [2.24, 2.45) is 10.7 Å². The number of carbonyl (C=O) groups excluding carboxylic acids is 1. The molecule has 0 radical (unpaired) electrons. The molecule has 9 nitrogen and oxygen atoms in total. The molecule has 1 aromatic heterocycles. The SMILES string of the molecule is CN=CC(=CN)c1cnc(N)c(C(=O)N[C@H]2CCC[C@@H]2OCc2cc(OC)cc(OC)c2)c1. The third kappa shape index (κ3) is 6.01. The fourth-order valence-corrected chi connectivity index (χ4v) is 3.86. The molecule has 0 saturated heterocycles. The van der Waals surface area contributed by atoms with Gasteiger partial charge in [-0.05, 0) is 43.0 Å². The molecule has 9 heteroatoms. The van der Waals surface area contributed by atoms with Crippen molar-refractivity contribution in [3.05, 3.63) is 53.4 Å². The van der Waals surface area contributed by atoms with Crippen LogP contribution in [-0.4, -0.2) is 50.5 Å². The van der Waals surface area contributed by atoms with E-state index in [9.17, 15) is 4.79 Å². The summed E-state index contributed by atoms with van der Waals surface area (Å²) in [7, 11) is 4.86. The second-order valence-electron chi connectivity index (χ2n) is 7.75. The number of hydrogen-bond donors (Lipinski definition) is 3. The summed E-state index contributed by atoms with van der Waals surface area (Å²) in [6.45, 7) is 0.380. The number of anilines is 1. The Labute approximate surface area is 193 Å². The number of methoxy groups -OCH3 is 2. The van der Waals surface area contributed by atoms with Gasteiger partial charge in [0.25, 0.3) is 5.91 Å². The highest BCUT2D eigenvalue weighted by molar-refractivity contribution is 6.10. The maximum absolute atomic E-state index is 13.0. The van der Waals surface area contributed by atoms with E-state index in [-0.39, 0.29) is 23.9 Å². The zero-order valence-electron chi connectivity index (χ0n) is 19.2. The van der Waals surface area contributed by atoms with Crippen molar-refractivity contribution >= 4 is 23.5 Å². The number of aromatic nitrogens is 1. The molecule has 2 atom stereocenters. The maximum atomic E-state index is 13.0. The van der Waals surface area contributed by atoms with E-state index in [2.05, 4.69) is 15.3 Å². The van der Waals surface area contributed by atoms with Crippen LogP contribution in [0.3, 0.4) is 0 Å². The second-order valence-corrected chi connectivity index (χ2v) is 7.75. The molecule has 33 heavy (non-hydrogen) atoms. The van der Waals surface area contributed by atoms with Gasteiger partial charge in [-0.25, -0.2) is 4.98 Å². The first-order valence-corrected chi connectivity index (χ1v) is 10.7. The molecule has 1 amide bonds. The highest BCUT2D eigenvalue weighted by atomic mass is 16.5. The lowest BCUT2D eigenvalue weighted by Gasteiger charge is -2.22. The number of allylic oxidation sites excluding steroid dienone is 1. The molecule has 0 aliphatic heterocycles. The van der Waals surface area contributed by atoms with Gasteiger partial charge in [-0.2, -0.15) is 0 Å². The molecule has 176 valence electrons. The quantitative estimate of drug-likeness (QED) is 0.497. The Morgan fingerprint density at radius 3 is 2.58 bits per heavy atom. The fraction of sp³-hybridized carbons (Fsp3) is 0.375. The maximum Gasteiger partial charge on any atom is 0.255 e. The van der Waals surface area contributed by atoms with Crippen LogP contribution in [0.2, 0.25) is 0 Å². The average Bonchev–Trinajstić information content (AvgIpc) is 3.28. The van der Waals surface area contributed by atoms with Crippen LogP contribution in [0.4, 0.5) is 5.82 Å². The number of pyridine rings is 1. The topological polar surface area (TPSA) is 134 Å². The van der Waals surface area contributed by atoms with Crippen LogP contribution in [0, 0.1) is 0 Å². The van der Waals surface area contributed by atoms with E-state index in [1.807, 2.05) is 18.2 Å². The number of nitrogen functional groups attached to an aromatic ring is 1. The van der Waals surface area contributed by atoms with Crippen molar-refractivity contribution in [1.82, 2.24) is 10.3 Å². The van der Waals surface area contributed by atoms with E-state index in [1.54, 1.807) is 39.7 Å². The summed E-state index contributed by atoms with van der Waals surface area (Å²) in [5.41, 5.74) is 14.2. The predicted octanol–water partition coefficient (Wildman–Crippen LogP) is 2.55. The summed E-state index contributed by atoms with van der Waals surface area (Å²) in [6.07, 6.45) is 7.09. The number of ether oxygens (including phenoxy) is 3. The Bertz CT molecular complexity index is 1020. The molecule has 1 aliphatic rings. The van der Waals surface area contributed by atoms with Crippen LogP contribution in [0.25, 0.3) is 5.57 Å². The average molecular weight is 454 g/mol. The van der Waals surface area contributed by atoms with Gasteiger partial charge in [0.2, 0.25) is 0 Å². The number of carbonyl (C=O) groups is 1. The Morgan fingerprint density at radius 1 is 1.21 bits per heavy atom. The van der Waals surface area contributed by atoms with Crippen molar-refractivity contribution in [2.75, 3.05) is 27.0 Å². The molecule has 1 aliphatic carbocycles. The van der Waals surface area contributed by atoms with Crippen LogP contribution in [-0.2, 0) is 11.3 Å². The summed E-state index contributed by atoms with van der Waals surface area (Å²) in [5, 5.41) is 3.07. The minimum Gasteiger partial charge on any atom is -0.497 e.